The maximum Gasteiger partial charge on any atom is 0.292 e. The number of hydrogen-bond donors (Lipinski definition) is 2. The minimum Gasteiger partial charge on any atom is -0.394 e. The van der Waals surface area contributed by atoms with Crippen LogP contribution in [0.25, 0.3) is 0 Å². The fourth-order valence-corrected chi connectivity index (χ4v) is 4.02. The summed E-state index contributed by atoms with van der Waals surface area (Å²) in [6.07, 6.45) is 2.36. The number of likely N-dealkylation sites (tertiary alicyclic amines) is 1. The lowest BCUT2D eigenvalue weighted by molar-refractivity contribution is -0.211. The Morgan fingerprint density at radius 2 is 2.20 bits per heavy atom. The lowest BCUT2D eigenvalue weighted by Gasteiger charge is -2.56. The van der Waals surface area contributed by atoms with E-state index in [1.807, 2.05) is 0 Å². The summed E-state index contributed by atoms with van der Waals surface area (Å²) in [5.74, 6) is 0.603. The minimum atomic E-state index is -0.392. The lowest BCUT2D eigenvalue weighted by atomic mass is 9.58. The van der Waals surface area contributed by atoms with Crippen molar-refractivity contribution in [2.45, 2.75) is 51.7 Å². The Morgan fingerprint density at radius 1 is 1.48 bits per heavy atom. The molecule has 1 saturated carbocycles. The summed E-state index contributed by atoms with van der Waals surface area (Å²) in [7, 11) is 0. The van der Waals surface area contributed by atoms with Crippen molar-refractivity contribution >= 4 is 5.91 Å². The van der Waals surface area contributed by atoms with Gasteiger partial charge in [0, 0.05) is 31.0 Å². The molecule has 1 saturated heterocycles. The van der Waals surface area contributed by atoms with Gasteiger partial charge in [0.25, 0.3) is 5.91 Å². The van der Waals surface area contributed by atoms with Crippen LogP contribution in [-0.2, 0) is 11.2 Å². The van der Waals surface area contributed by atoms with E-state index in [1.165, 1.54) is 0 Å². The number of aliphatic hydroxyl groups excluding tert-OH is 2. The fraction of sp³-hybridized carbons (Fsp3) is 0.778. The Bertz CT molecular complexity index is 592. The number of hydrogen-bond acceptors (Lipinski definition) is 6. The molecule has 2 heterocycles. The number of nitrogens with zero attached hydrogens (tertiary/aromatic N) is 2. The van der Waals surface area contributed by atoms with Crippen molar-refractivity contribution < 1.29 is 24.3 Å². The van der Waals surface area contributed by atoms with Gasteiger partial charge in [-0.3, -0.25) is 4.79 Å². The van der Waals surface area contributed by atoms with Crippen LogP contribution in [0.4, 0.5) is 0 Å². The lowest BCUT2D eigenvalue weighted by Crippen LogP contribution is -2.62. The SMILES string of the molecule is CC(C)Cc1cc(C(=O)N2CCC3(CC2)[C@H](O)C[C@@H]3OCCO)on1. The summed E-state index contributed by atoms with van der Waals surface area (Å²) in [6.45, 7) is 5.60. The first-order valence-electron chi connectivity index (χ1n) is 9.11. The van der Waals surface area contributed by atoms with Gasteiger partial charge < -0.3 is 24.4 Å². The van der Waals surface area contributed by atoms with E-state index in [-0.39, 0.29) is 29.8 Å². The smallest absolute Gasteiger partial charge is 0.292 e. The van der Waals surface area contributed by atoms with Crippen LogP contribution < -0.4 is 0 Å². The van der Waals surface area contributed by atoms with Crippen molar-refractivity contribution in [3.63, 3.8) is 0 Å². The Balaban J connectivity index is 1.58. The number of ether oxygens (including phenoxy) is 1. The molecular weight excluding hydrogens is 324 g/mol. The molecule has 1 aliphatic carbocycles. The largest absolute Gasteiger partial charge is 0.394 e. The molecular formula is C18H28N2O5. The third kappa shape index (κ3) is 3.59. The van der Waals surface area contributed by atoms with Crippen molar-refractivity contribution in [2.24, 2.45) is 11.3 Å². The molecule has 3 rings (SSSR count). The van der Waals surface area contributed by atoms with Crippen LogP contribution in [0.15, 0.2) is 10.6 Å². The number of carbonyl (C=O) groups is 1. The second kappa shape index (κ2) is 7.43. The zero-order chi connectivity index (χ0) is 18.0. The molecule has 0 aromatic carbocycles. The molecule has 2 aliphatic rings. The molecule has 1 aromatic rings. The topological polar surface area (TPSA) is 96.0 Å². The van der Waals surface area contributed by atoms with Crippen molar-refractivity contribution in [1.82, 2.24) is 10.1 Å². The molecule has 0 radical (unpaired) electrons. The molecule has 2 fully saturated rings. The number of amides is 1. The summed E-state index contributed by atoms with van der Waals surface area (Å²) in [5, 5.41) is 23.2. The molecule has 1 aliphatic heterocycles. The van der Waals surface area contributed by atoms with Gasteiger partial charge in [-0.15, -0.1) is 0 Å². The summed E-state index contributed by atoms with van der Waals surface area (Å²) < 4.78 is 10.9. The van der Waals surface area contributed by atoms with E-state index < -0.39 is 6.10 Å². The number of piperidine rings is 1. The van der Waals surface area contributed by atoms with Crippen molar-refractivity contribution in [3.05, 3.63) is 17.5 Å². The van der Waals surface area contributed by atoms with Crippen LogP contribution in [0, 0.1) is 11.3 Å². The molecule has 1 aromatic heterocycles. The number of aromatic nitrogens is 1. The summed E-state index contributed by atoms with van der Waals surface area (Å²) in [4.78, 5) is 14.4. The molecule has 2 atom stereocenters. The van der Waals surface area contributed by atoms with E-state index >= 15 is 0 Å². The zero-order valence-electron chi connectivity index (χ0n) is 15.0. The highest BCUT2D eigenvalue weighted by atomic mass is 16.5. The van der Waals surface area contributed by atoms with Gasteiger partial charge in [0.15, 0.2) is 0 Å². The van der Waals surface area contributed by atoms with E-state index in [0.29, 0.717) is 44.9 Å². The third-order valence-electron chi connectivity index (χ3n) is 5.52. The van der Waals surface area contributed by atoms with Crippen LogP contribution in [0.5, 0.6) is 0 Å². The first-order valence-corrected chi connectivity index (χ1v) is 9.11. The van der Waals surface area contributed by atoms with Gasteiger partial charge in [0.1, 0.15) is 0 Å². The highest BCUT2D eigenvalue weighted by molar-refractivity contribution is 5.91. The van der Waals surface area contributed by atoms with Crippen molar-refractivity contribution in [1.29, 1.82) is 0 Å². The van der Waals surface area contributed by atoms with Crippen molar-refractivity contribution in [2.75, 3.05) is 26.3 Å². The first-order chi connectivity index (χ1) is 12.0. The molecule has 1 amide bonds. The van der Waals surface area contributed by atoms with Gasteiger partial charge in [-0.05, 0) is 25.2 Å². The monoisotopic (exact) mass is 352 g/mol. The van der Waals surface area contributed by atoms with E-state index in [0.717, 1.165) is 12.1 Å². The molecule has 0 bridgehead atoms. The van der Waals surface area contributed by atoms with Crippen LogP contribution in [-0.4, -0.2) is 64.7 Å². The maximum absolute atomic E-state index is 12.6. The Kier molecular flexibility index (Phi) is 5.46. The van der Waals surface area contributed by atoms with Gasteiger partial charge >= 0.3 is 0 Å². The van der Waals surface area contributed by atoms with Gasteiger partial charge in [0.05, 0.1) is 31.1 Å². The summed E-state index contributed by atoms with van der Waals surface area (Å²) in [5.41, 5.74) is 0.523. The van der Waals surface area contributed by atoms with Crippen LogP contribution in [0.1, 0.15) is 49.4 Å². The standard InChI is InChI=1S/C18H28N2O5/c1-12(2)9-13-10-14(25-19-13)17(23)20-5-3-18(4-6-20)15(22)11-16(18)24-8-7-21/h10,12,15-16,21-22H,3-9,11H2,1-2H3/t15-,16+/m1/s1. The minimum absolute atomic E-state index is 0.0164. The summed E-state index contributed by atoms with van der Waals surface area (Å²) in [6, 6.07) is 1.73. The molecule has 7 nitrogen and oxygen atoms in total. The molecule has 2 N–H and O–H groups in total. The molecule has 7 heteroatoms. The Morgan fingerprint density at radius 3 is 2.80 bits per heavy atom. The van der Waals surface area contributed by atoms with Crippen molar-refractivity contribution in [3.8, 4) is 0 Å². The van der Waals surface area contributed by atoms with Crippen LogP contribution >= 0.6 is 0 Å². The highest BCUT2D eigenvalue weighted by Gasteiger charge is 2.56. The van der Waals surface area contributed by atoms with Gasteiger partial charge in [-0.1, -0.05) is 19.0 Å². The third-order valence-corrected chi connectivity index (χ3v) is 5.52. The second-order valence-corrected chi connectivity index (χ2v) is 7.64. The van der Waals surface area contributed by atoms with Gasteiger partial charge in [0.2, 0.25) is 5.76 Å². The van der Waals surface area contributed by atoms with Crippen LogP contribution in [0.3, 0.4) is 0 Å². The van der Waals surface area contributed by atoms with E-state index in [1.54, 1.807) is 11.0 Å². The maximum atomic E-state index is 12.6. The average Bonchev–Trinajstić information content (AvgIpc) is 3.05. The predicted molar refractivity (Wildman–Crippen MR) is 90.1 cm³/mol. The molecule has 0 unspecified atom stereocenters. The summed E-state index contributed by atoms with van der Waals surface area (Å²) >= 11 is 0. The second-order valence-electron chi connectivity index (χ2n) is 7.64. The van der Waals surface area contributed by atoms with E-state index in [4.69, 9.17) is 14.4 Å². The van der Waals surface area contributed by atoms with E-state index in [2.05, 4.69) is 19.0 Å². The van der Waals surface area contributed by atoms with Gasteiger partial charge in [-0.25, -0.2) is 0 Å². The molecule has 1 spiro atoms. The molecule has 140 valence electrons. The Hall–Kier alpha value is -1.44. The quantitative estimate of drug-likeness (QED) is 0.800. The fourth-order valence-electron chi connectivity index (χ4n) is 4.02. The first kappa shape index (κ1) is 18.4. The predicted octanol–water partition coefficient (Wildman–Crippen LogP) is 1.24. The highest BCUT2D eigenvalue weighted by Crippen LogP contribution is 2.51. The Labute approximate surface area is 147 Å². The zero-order valence-corrected chi connectivity index (χ0v) is 15.0. The number of rotatable bonds is 6. The van der Waals surface area contributed by atoms with Gasteiger partial charge in [-0.2, -0.15) is 0 Å². The normalized spacial score (nSPS) is 25.4. The van der Waals surface area contributed by atoms with Crippen LogP contribution in [0.2, 0.25) is 0 Å². The number of aliphatic hydroxyl groups is 2. The number of carbonyl (C=O) groups excluding carboxylic acids is 1. The van der Waals surface area contributed by atoms with E-state index in [9.17, 15) is 9.90 Å². The molecule has 25 heavy (non-hydrogen) atoms. The average molecular weight is 352 g/mol.